The minimum Gasteiger partial charge on any atom is -0.331 e. The van der Waals surface area contributed by atoms with Gasteiger partial charge in [0.1, 0.15) is 4.88 Å². The van der Waals surface area contributed by atoms with Crippen LogP contribution in [0, 0.1) is 6.92 Å². The molecule has 7 heteroatoms. The quantitative estimate of drug-likeness (QED) is 0.724. The van der Waals surface area contributed by atoms with Crippen molar-refractivity contribution in [3.8, 4) is 10.8 Å². The molecule has 0 aromatic carbocycles. The Kier molecular flexibility index (Phi) is 4.23. The minimum absolute atomic E-state index is 0.0384. The van der Waals surface area contributed by atoms with Gasteiger partial charge in [0.05, 0.1) is 11.7 Å². The third-order valence-electron chi connectivity index (χ3n) is 4.35. The SMILES string of the molecule is Cc1nc(-c2ncccn2)sc1C(=O)N1CCC[C@@H]1c1ccncc1. The van der Waals surface area contributed by atoms with Crippen LogP contribution in [0.3, 0.4) is 0 Å². The van der Waals surface area contributed by atoms with E-state index in [9.17, 15) is 4.79 Å². The highest BCUT2D eigenvalue weighted by molar-refractivity contribution is 7.17. The van der Waals surface area contributed by atoms with Crippen LogP contribution < -0.4 is 0 Å². The molecule has 1 aliphatic rings. The summed E-state index contributed by atoms with van der Waals surface area (Å²) in [5.41, 5.74) is 1.87. The van der Waals surface area contributed by atoms with Crippen molar-refractivity contribution in [1.82, 2.24) is 24.8 Å². The van der Waals surface area contributed by atoms with E-state index in [1.807, 2.05) is 24.0 Å². The van der Waals surface area contributed by atoms with Gasteiger partial charge in [0.2, 0.25) is 0 Å². The van der Waals surface area contributed by atoms with E-state index in [2.05, 4.69) is 19.9 Å². The number of carbonyl (C=O) groups is 1. The predicted molar refractivity (Wildman–Crippen MR) is 95.1 cm³/mol. The summed E-state index contributed by atoms with van der Waals surface area (Å²) in [7, 11) is 0. The maximum absolute atomic E-state index is 13.1. The van der Waals surface area contributed by atoms with Gasteiger partial charge in [-0.15, -0.1) is 11.3 Å². The maximum Gasteiger partial charge on any atom is 0.266 e. The number of aryl methyl sites for hydroxylation is 1. The molecule has 0 unspecified atom stereocenters. The Morgan fingerprint density at radius 3 is 2.72 bits per heavy atom. The Bertz CT molecular complexity index is 881. The Morgan fingerprint density at radius 1 is 1.20 bits per heavy atom. The van der Waals surface area contributed by atoms with Gasteiger partial charge >= 0.3 is 0 Å². The van der Waals surface area contributed by atoms with E-state index in [0.717, 1.165) is 30.6 Å². The molecule has 4 rings (SSSR count). The molecule has 0 bridgehead atoms. The fraction of sp³-hybridized carbons (Fsp3) is 0.278. The first-order valence-corrected chi connectivity index (χ1v) is 9.01. The van der Waals surface area contributed by atoms with E-state index < -0.39 is 0 Å². The maximum atomic E-state index is 13.1. The molecule has 25 heavy (non-hydrogen) atoms. The number of rotatable bonds is 3. The molecular weight excluding hydrogens is 334 g/mol. The van der Waals surface area contributed by atoms with Crippen LogP contribution in [0.15, 0.2) is 43.0 Å². The zero-order chi connectivity index (χ0) is 17.2. The summed E-state index contributed by atoms with van der Waals surface area (Å²) in [6.45, 7) is 2.63. The summed E-state index contributed by atoms with van der Waals surface area (Å²) in [4.78, 5) is 32.8. The number of nitrogens with zero attached hydrogens (tertiary/aromatic N) is 5. The van der Waals surface area contributed by atoms with Gasteiger partial charge in [-0.2, -0.15) is 0 Å². The van der Waals surface area contributed by atoms with Crippen molar-refractivity contribution >= 4 is 17.2 Å². The lowest BCUT2D eigenvalue weighted by Crippen LogP contribution is -2.30. The number of likely N-dealkylation sites (tertiary alicyclic amines) is 1. The molecule has 0 saturated carbocycles. The van der Waals surface area contributed by atoms with Crippen LogP contribution in [-0.4, -0.2) is 37.3 Å². The van der Waals surface area contributed by atoms with E-state index in [-0.39, 0.29) is 11.9 Å². The van der Waals surface area contributed by atoms with Gasteiger partial charge in [-0.25, -0.2) is 15.0 Å². The van der Waals surface area contributed by atoms with Gasteiger partial charge in [-0.3, -0.25) is 9.78 Å². The van der Waals surface area contributed by atoms with Crippen LogP contribution in [0.2, 0.25) is 0 Å². The first-order chi connectivity index (χ1) is 12.2. The van der Waals surface area contributed by atoms with E-state index in [0.29, 0.717) is 15.7 Å². The van der Waals surface area contributed by atoms with Gasteiger partial charge in [0, 0.05) is 31.3 Å². The molecule has 3 aromatic rings. The van der Waals surface area contributed by atoms with Crippen LogP contribution >= 0.6 is 11.3 Å². The standard InChI is InChI=1S/C18H17N5OS/c1-12-15(25-17(22-12)16-20-7-3-8-21-16)18(24)23-11-2-4-14(23)13-5-9-19-10-6-13/h3,5-10,14H,2,4,11H2,1H3/t14-/m1/s1. The molecule has 4 heterocycles. The summed E-state index contributed by atoms with van der Waals surface area (Å²) in [5, 5.41) is 0.682. The average Bonchev–Trinajstić information content (AvgIpc) is 3.30. The number of aromatic nitrogens is 4. The van der Waals surface area contributed by atoms with Crippen molar-refractivity contribution < 1.29 is 4.79 Å². The number of carbonyl (C=O) groups excluding carboxylic acids is 1. The van der Waals surface area contributed by atoms with Gasteiger partial charge in [0.25, 0.3) is 5.91 Å². The first-order valence-electron chi connectivity index (χ1n) is 8.20. The van der Waals surface area contributed by atoms with Gasteiger partial charge < -0.3 is 4.90 Å². The summed E-state index contributed by atoms with van der Waals surface area (Å²) in [5.74, 6) is 0.596. The zero-order valence-electron chi connectivity index (χ0n) is 13.8. The van der Waals surface area contributed by atoms with Crippen LogP contribution in [0.25, 0.3) is 10.8 Å². The third-order valence-corrected chi connectivity index (χ3v) is 5.49. The largest absolute Gasteiger partial charge is 0.331 e. The number of pyridine rings is 1. The Labute approximate surface area is 149 Å². The fourth-order valence-corrected chi connectivity index (χ4v) is 4.14. The Hall–Kier alpha value is -2.67. The predicted octanol–water partition coefficient (Wildman–Crippen LogP) is 3.28. The molecule has 6 nitrogen and oxygen atoms in total. The molecule has 126 valence electrons. The normalized spacial score (nSPS) is 17.0. The van der Waals surface area contributed by atoms with E-state index in [1.54, 1.807) is 30.9 Å². The van der Waals surface area contributed by atoms with Crippen molar-refractivity contribution in [2.45, 2.75) is 25.8 Å². The summed E-state index contributed by atoms with van der Waals surface area (Å²) in [6.07, 6.45) is 8.90. The van der Waals surface area contributed by atoms with Crippen molar-refractivity contribution in [1.29, 1.82) is 0 Å². The van der Waals surface area contributed by atoms with Crippen molar-refractivity contribution in [2.24, 2.45) is 0 Å². The van der Waals surface area contributed by atoms with Crippen molar-refractivity contribution in [2.75, 3.05) is 6.54 Å². The number of hydrogen-bond donors (Lipinski definition) is 0. The van der Waals surface area contributed by atoms with E-state index >= 15 is 0 Å². The minimum atomic E-state index is 0.0384. The van der Waals surface area contributed by atoms with Gasteiger partial charge in [0.15, 0.2) is 10.8 Å². The summed E-state index contributed by atoms with van der Waals surface area (Å²) < 4.78 is 0. The lowest BCUT2D eigenvalue weighted by molar-refractivity contribution is 0.0739. The lowest BCUT2D eigenvalue weighted by atomic mass is 10.1. The van der Waals surface area contributed by atoms with Crippen LogP contribution in [0.1, 0.15) is 39.8 Å². The molecule has 0 N–H and O–H groups in total. The van der Waals surface area contributed by atoms with Crippen molar-refractivity contribution in [3.05, 3.63) is 59.1 Å². The Balaban J connectivity index is 1.64. The van der Waals surface area contributed by atoms with Crippen LogP contribution in [0.4, 0.5) is 0 Å². The highest BCUT2D eigenvalue weighted by Gasteiger charge is 2.32. The first kappa shape index (κ1) is 15.8. The highest BCUT2D eigenvalue weighted by atomic mass is 32.1. The molecule has 1 atom stereocenters. The van der Waals surface area contributed by atoms with Gasteiger partial charge in [-0.05, 0) is 43.5 Å². The molecule has 3 aromatic heterocycles. The molecule has 1 aliphatic heterocycles. The second-order valence-corrected chi connectivity index (χ2v) is 6.94. The highest BCUT2D eigenvalue weighted by Crippen LogP contribution is 2.35. The molecular formula is C18H17N5OS. The number of amides is 1. The van der Waals surface area contributed by atoms with Gasteiger partial charge in [-0.1, -0.05) is 0 Å². The average molecular weight is 351 g/mol. The summed E-state index contributed by atoms with van der Waals surface area (Å²) in [6, 6.07) is 5.84. The smallest absolute Gasteiger partial charge is 0.266 e. The fourth-order valence-electron chi connectivity index (χ4n) is 3.17. The second kappa shape index (κ2) is 6.68. The monoisotopic (exact) mass is 351 g/mol. The third kappa shape index (κ3) is 3.02. The zero-order valence-corrected chi connectivity index (χ0v) is 14.6. The molecule has 0 radical (unpaired) electrons. The molecule has 1 saturated heterocycles. The van der Waals surface area contributed by atoms with E-state index in [1.165, 1.54) is 11.3 Å². The van der Waals surface area contributed by atoms with E-state index in [4.69, 9.17) is 0 Å². The topological polar surface area (TPSA) is 71.9 Å². The second-order valence-electron chi connectivity index (χ2n) is 5.94. The molecule has 0 spiro atoms. The molecule has 1 amide bonds. The van der Waals surface area contributed by atoms with Crippen LogP contribution in [0.5, 0.6) is 0 Å². The Morgan fingerprint density at radius 2 is 1.96 bits per heavy atom. The molecule has 1 fully saturated rings. The van der Waals surface area contributed by atoms with Crippen LogP contribution in [-0.2, 0) is 0 Å². The number of thiazole rings is 1. The lowest BCUT2D eigenvalue weighted by Gasteiger charge is -2.24. The number of hydrogen-bond acceptors (Lipinski definition) is 6. The van der Waals surface area contributed by atoms with Crippen molar-refractivity contribution in [3.63, 3.8) is 0 Å². The summed E-state index contributed by atoms with van der Waals surface area (Å²) >= 11 is 1.37. The molecule has 0 aliphatic carbocycles.